The number of benzene rings is 2. The molecule has 0 aliphatic carbocycles. The lowest BCUT2D eigenvalue weighted by Gasteiger charge is -2.15. The van der Waals surface area contributed by atoms with Gasteiger partial charge in [-0.3, -0.25) is 4.79 Å². The molecule has 0 saturated carbocycles. The first-order valence-electron chi connectivity index (χ1n) is 8.93. The predicted octanol–water partition coefficient (Wildman–Crippen LogP) is 2.67. The third-order valence-electron chi connectivity index (χ3n) is 4.08. The number of hydrogen-bond donors (Lipinski definition) is 2. The molecule has 0 amide bonds. The van der Waals surface area contributed by atoms with Crippen LogP contribution in [0.5, 0.6) is 0 Å². The van der Waals surface area contributed by atoms with E-state index in [2.05, 4.69) is 15.0 Å². The lowest BCUT2D eigenvalue weighted by molar-refractivity contribution is -0.139. The Hall–Kier alpha value is -2.47. The summed E-state index contributed by atoms with van der Waals surface area (Å²) in [6.07, 6.45) is 1.36. The van der Waals surface area contributed by atoms with E-state index in [1.807, 2.05) is 43.3 Å². The summed E-state index contributed by atoms with van der Waals surface area (Å²) >= 11 is -1.22. The number of rotatable bonds is 10. The van der Waals surface area contributed by atoms with Crippen molar-refractivity contribution in [3.05, 3.63) is 48.5 Å². The van der Waals surface area contributed by atoms with Gasteiger partial charge in [-0.05, 0) is 48.5 Å². The molecule has 0 heterocycles. The third-order valence-corrected chi connectivity index (χ3v) is 6.38. The van der Waals surface area contributed by atoms with Gasteiger partial charge in [0.1, 0.15) is 11.8 Å². The van der Waals surface area contributed by atoms with Crippen molar-refractivity contribution in [1.82, 2.24) is 4.72 Å². The molecule has 2 atom stereocenters. The van der Waals surface area contributed by atoms with Gasteiger partial charge < -0.3 is 14.6 Å². The van der Waals surface area contributed by atoms with Crippen molar-refractivity contribution in [2.45, 2.75) is 17.4 Å². The Bertz CT molecular complexity index is 975. The van der Waals surface area contributed by atoms with Crippen molar-refractivity contribution in [2.75, 3.05) is 31.0 Å². The first kappa shape index (κ1) is 23.8. The van der Waals surface area contributed by atoms with Crippen LogP contribution < -0.4 is 9.62 Å². The number of azo groups is 1. The van der Waals surface area contributed by atoms with Crippen molar-refractivity contribution in [3.63, 3.8) is 0 Å². The number of hydrogen-bond acceptors (Lipinski definition) is 7. The highest BCUT2D eigenvalue weighted by Crippen LogP contribution is 2.22. The van der Waals surface area contributed by atoms with Gasteiger partial charge in [-0.2, -0.15) is 15.0 Å². The van der Waals surface area contributed by atoms with Crippen LogP contribution in [0.3, 0.4) is 0 Å². The van der Waals surface area contributed by atoms with Crippen LogP contribution in [0.25, 0.3) is 0 Å². The molecule has 2 aromatic carbocycles. The van der Waals surface area contributed by atoms with Crippen LogP contribution in [-0.4, -0.2) is 56.2 Å². The molecule has 0 fully saturated rings. The Morgan fingerprint density at radius 1 is 1.10 bits per heavy atom. The molecule has 0 aromatic heterocycles. The average Bonchev–Trinajstić information content (AvgIpc) is 2.69. The Morgan fingerprint density at radius 2 is 1.60 bits per heavy atom. The van der Waals surface area contributed by atoms with E-state index >= 15 is 0 Å². The van der Waals surface area contributed by atoms with Crippen molar-refractivity contribution in [2.24, 2.45) is 10.2 Å². The molecule has 11 heteroatoms. The maximum absolute atomic E-state index is 12.5. The van der Waals surface area contributed by atoms with Crippen molar-refractivity contribution < 1.29 is 22.9 Å². The summed E-state index contributed by atoms with van der Waals surface area (Å²) in [6, 6.07) is 11.7. The number of aliphatic carboxylic acids is 1. The summed E-state index contributed by atoms with van der Waals surface area (Å²) in [5.41, 5.74) is 2.12. The number of nitrogens with one attached hydrogen (secondary N) is 1. The number of nitrogens with zero attached hydrogens (tertiary/aromatic N) is 3. The number of anilines is 1. The highest BCUT2D eigenvalue weighted by atomic mass is 32.2. The second kappa shape index (κ2) is 10.5. The summed E-state index contributed by atoms with van der Waals surface area (Å²) in [5, 5.41) is 17.4. The van der Waals surface area contributed by atoms with Gasteiger partial charge in [0, 0.05) is 26.2 Å². The average molecular weight is 453 g/mol. The van der Waals surface area contributed by atoms with Crippen molar-refractivity contribution >= 4 is 44.2 Å². The van der Waals surface area contributed by atoms with E-state index in [1.165, 1.54) is 30.5 Å². The monoisotopic (exact) mass is 452 g/mol. The molecule has 2 unspecified atom stereocenters. The summed E-state index contributed by atoms with van der Waals surface area (Å²) in [5.74, 6) is -1.25. The molecule has 0 saturated heterocycles. The van der Waals surface area contributed by atoms with Gasteiger partial charge in [0.25, 0.3) is 0 Å². The van der Waals surface area contributed by atoms with Crippen molar-refractivity contribution in [3.8, 4) is 0 Å². The zero-order chi connectivity index (χ0) is 22.3. The molecule has 2 aromatic rings. The van der Waals surface area contributed by atoms with Crippen LogP contribution in [0.4, 0.5) is 17.1 Å². The quantitative estimate of drug-likeness (QED) is 0.420. The van der Waals surface area contributed by atoms with Gasteiger partial charge >= 0.3 is 5.97 Å². The standard InChI is InChI=1S/C19H24N4O5S2/c1-23(2)16-8-4-14(5-9-16)20-21-15-6-10-17(11-7-15)30(27,28)22-18(19(24)25)12-13-29(3)26/h4-11,18,22H,12-13H2,1-3H3,(H,24,25). The molecule has 162 valence electrons. The van der Waals surface area contributed by atoms with Crippen LogP contribution in [0.15, 0.2) is 63.7 Å². The van der Waals surface area contributed by atoms with Crippen LogP contribution in [0.2, 0.25) is 0 Å². The summed E-state index contributed by atoms with van der Waals surface area (Å²) in [4.78, 5) is 13.2. The molecule has 0 radical (unpaired) electrons. The fraction of sp³-hybridized carbons (Fsp3) is 0.316. The Labute approximate surface area is 179 Å². The molecular weight excluding hydrogens is 428 g/mol. The fourth-order valence-electron chi connectivity index (χ4n) is 2.40. The number of carboxylic acids is 1. The van der Waals surface area contributed by atoms with Gasteiger partial charge in [0.2, 0.25) is 10.0 Å². The van der Waals surface area contributed by atoms with Crippen LogP contribution in [-0.2, 0) is 26.0 Å². The van der Waals surface area contributed by atoms with E-state index in [0.717, 1.165) is 5.69 Å². The van der Waals surface area contributed by atoms with Crippen LogP contribution in [0.1, 0.15) is 6.42 Å². The summed E-state index contributed by atoms with van der Waals surface area (Å²) in [7, 11) is -0.186. The molecule has 2 rings (SSSR count). The minimum absolute atomic E-state index is 0.0728. The van der Waals surface area contributed by atoms with Gasteiger partial charge in [-0.25, -0.2) is 8.42 Å². The fourth-order valence-corrected chi connectivity index (χ4v) is 4.19. The lowest BCUT2D eigenvalue weighted by atomic mass is 10.2. The highest BCUT2D eigenvalue weighted by molar-refractivity contribution is 7.90. The van der Waals surface area contributed by atoms with Gasteiger partial charge in [0.15, 0.2) is 0 Å². The van der Waals surface area contributed by atoms with Crippen LogP contribution in [0, 0.1) is 0 Å². The van der Waals surface area contributed by atoms with E-state index in [9.17, 15) is 22.9 Å². The van der Waals surface area contributed by atoms with E-state index in [4.69, 9.17) is 0 Å². The third kappa shape index (κ3) is 7.10. The van der Waals surface area contributed by atoms with E-state index in [-0.39, 0.29) is 17.1 Å². The number of carboxylic acid groups (broad SMARTS) is 1. The normalized spacial score (nSPS) is 13.9. The Balaban J connectivity index is 2.08. The summed E-state index contributed by atoms with van der Waals surface area (Å²) < 4.78 is 38.2. The minimum Gasteiger partial charge on any atom is -0.617 e. The zero-order valence-electron chi connectivity index (χ0n) is 16.8. The van der Waals surface area contributed by atoms with Gasteiger partial charge in [-0.1, -0.05) is 11.2 Å². The van der Waals surface area contributed by atoms with Gasteiger partial charge in [-0.15, -0.1) is 0 Å². The van der Waals surface area contributed by atoms with Gasteiger partial charge in [0.05, 0.1) is 22.5 Å². The van der Waals surface area contributed by atoms with E-state index in [0.29, 0.717) is 11.4 Å². The molecule has 9 nitrogen and oxygen atoms in total. The predicted molar refractivity (Wildman–Crippen MR) is 117 cm³/mol. The maximum atomic E-state index is 12.5. The van der Waals surface area contributed by atoms with E-state index in [1.54, 1.807) is 0 Å². The molecule has 2 N–H and O–H groups in total. The largest absolute Gasteiger partial charge is 0.617 e. The molecular formula is C19H24N4O5S2. The molecule has 0 bridgehead atoms. The summed E-state index contributed by atoms with van der Waals surface area (Å²) in [6.45, 7) is 0. The smallest absolute Gasteiger partial charge is 0.321 e. The number of sulfonamides is 1. The SMILES string of the molecule is CN(C)c1ccc(N=Nc2ccc(S(=O)(=O)NC(CC[S+](C)[O-])C(=O)O)cc2)cc1. The minimum atomic E-state index is -4.06. The molecule has 0 aliphatic heterocycles. The molecule has 0 spiro atoms. The Kier molecular flexibility index (Phi) is 8.35. The lowest BCUT2D eigenvalue weighted by Crippen LogP contribution is -2.41. The Morgan fingerprint density at radius 3 is 2.03 bits per heavy atom. The first-order chi connectivity index (χ1) is 14.1. The first-order valence-corrected chi connectivity index (χ1v) is 12.1. The molecule has 0 aliphatic rings. The van der Waals surface area contributed by atoms with Crippen LogP contribution >= 0.6 is 0 Å². The van der Waals surface area contributed by atoms with E-state index < -0.39 is 33.2 Å². The zero-order valence-corrected chi connectivity index (χ0v) is 18.5. The second-order valence-corrected chi connectivity index (χ2v) is 9.95. The topological polar surface area (TPSA) is 134 Å². The van der Waals surface area contributed by atoms with Crippen molar-refractivity contribution in [1.29, 1.82) is 0 Å². The maximum Gasteiger partial charge on any atom is 0.321 e. The second-order valence-electron chi connectivity index (χ2n) is 6.68. The molecule has 30 heavy (non-hydrogen) atoms. The number of carbonyl (C=O) groups is 1. The highest BCUT2D eigenvalue weighted by Gasteiger charge is 2.26.